The van der Waals surface area contributed by atoms with E-state index in [0.717, 1.165) is 3.57 Å². The third kappa shape index (κ3) is 7.14. The molecule has 0 aliphatic heterocycles. The van der Waals surface area contributed by atoms with Crippen LogP contribution in [0.5, 0.6) is 11.5 Å². The van der Waals surface area contributed by atoms with Crippen LogP contribution >= 0.6 is 34.2 Å². The number of hydrazone groups is 1. The van der Waals surface area contributed by atoms with Gasteiger partial charge in [-0.15, -0.1) is 6.42 Å². The molecule has 9 heteroatoms. The molecule has 0 fully saturated rings. The minimum absolute atomic E-state index is 0.118. The molecule has 0 saturated carbocycles. The van der Waals surface area contributed by atoms with Crippen LogP contribution in [0.25, 0.3) is 0 Å². The predicted octanol–water partition coefficient (Wildman–Crippen LogP) is 3.87. The molecule has 168 valence electrons. The second-order valence-corrected chi connectivity index (χ2v) is 8.57. The number of terminal acetylenes is 1. The zero-order valence-corrected chi connectivity index (χ0v) is 20.7. The fourth-order valence-electron chi connectivity index (χ4n) is 2.70. The molecule has 2 N–H and O–H groups in total. The van der Waals surface area contributed by atoms with Crippen molar-refractivity contribution in [2.45, 2.75) is 19.9 Å². The molecule has 0 radical (unpaired) electrons. The Balaban J connectivity index is 2.09. The maximum Gasteiger partial charge on any atom is 0.262 e. The predicted molar refractivity (Wildman–Crippen MR) is 133 cm³/mol. The number of halogens is 2. The molecule has 0 aromatic heterocycles. The Labute approximate surface area is 206 Å². The summed E-state index contributed by atoms with van der Waals surface area (Å²) in [6.07, 6.45) is 6.72. The van der Waals surface area contributed by atoms with Crippen LogP contribution in [0.15, 0.2) is 41.5 Å². The standard InChI is InChI=1S/C23H23ClIN3O4/c1-5-9-32-21-18(25)10-15(11-19(21)31-4)13-26-28-23(30)20(14(2)3)27-22(29)16-7-6-8-17(24)12-16/h1,6-8,10-14,20H,9H2,2-4H3,(H,27,29)(H,28,30). The van der Waals surface area contributed by atoms with Crippen molar-refractivity contribution in [3.05, 3.63) is 56.1 Å². The van der Waals surface area contributed by atoms with Crippen LogP contribution in [0.3, 0.4) is 0 Å². The highest BCUT2D eigenvalue weighted by atomic mass is 127. The van der Waals surface area contributed by atoms with Gasteiger partial charge in [0.25, 0.3) is 11.8 Å². The van der Waals surface area contributed by atoms with Gasteiger partial charge in [-0.05, 0) is 64.4 Å². The number of nitrogens with one attached hydrogen (secondary N) is 2. The normalized spacial score (nSPS) is 11.7. The molecule has 0 saturated heterocycles. The monoisotopic (exact) mass is 567 g/mol. The lowest BCUT2D eigenvalue weighted by Gasteiger charge is -2.20. The second kappa shape index (κ2) is 12.3. The first-order valence-corrected chi connectivity index (χ1v) is 11.1. The summed E-state index contributed by atoms with van der Waals surface area (Å²) in [6, 6.07) is 9.24. The van der Waals surface area contributed by atoms with E-state index in [2.05, 4.69) is 44.4 Å². The number of hydrogen-bond donors (Lipinski definition) is 2. The molecule has 0 heterocycles. The van der Waals surface area contributed by atoms with E-state index in [4.69, 9.17) is 27.5 Å². The number of benzene rings is 2. The molecule has 32 heavy (non-hydrogen) atoms. The molecule has 2 amide bonds. The number of carbonyl (C=O) groups is 2. The van der Waals surface area contributed by atoms with Crippen LogP contribution in [0.4, 0.5) is 0 Å². The van der Waals surface area contributed by atoms with Gasteiger partial charge in [0.1, 0.15) is 12.6 Å². The summed E-state index contributed by atoms with van der Waals surface area (Å²) in [6.45, 7) is 3.77. The van der Waals surface area contributed by atoms with Crippen molar-refractivity contribution < 1.29 is 19.1 Å². The molecular formula is C23H23ClIN3O4. The number of nitrogens with zero attached hydrogens (tertiary/aromatic N) is 1. The Kier molecular flexibility index (Phi) is 9.81. The summed E-state index contributed by atoms with van der Waals surface area (Å²) in [5.74, 6) is 2.44. The molecule has 2 aromatic carbocycles. The van der Waals surface area contributed by atoms with E-state index in [1.165, 1.54) is 19.4 Å². The quantitative estimate of drug-likeness (QED) is 0.208. The average molecular weight is 568 g/mol. The Hall–Kier alpha value is -2.77. The van der Waals surface area contributed by atoms with Crippen LogP contribution in [-0.2, 0) is 4.79 Å². The molecule has 0 spiro atoms. The number of carbonyl (C=O) groups excluding carboxylic acids is 2. The zero-order valence-electron chi connectivity index (χ0n) is 17.8. The van der Waals surface area contributed by atoms with E-state index >= 15 is 0 Å². The van der Waals surface area contributed by atoms with Gasteiger partial charge in [0.2, 0.25) is 0 Å². The molecule has 0 bridgehead atoms. The minimum atomic E-state index is -0.784. The molecule has 7 nitrogen and oxygen atoms in total. The van der Waals surface area contributed by atoms with Crippen molar-refractivity contribution in [1.29, 1.82) is 0 Å². The van der Waals surface area contributed by atoms with Crippen molar-refractivity contribution in [3.63, 3.8) is 0 Å². The minimum Gasteiger partial charge on any atom is -0.493 e. The fourth-order valence-corrected chi connectivity index (χ4v) is 3.67. The van der Waals surface area contributed by atoms with Gasteiger partial charge >= 0.3 is 0 Å². The van der Waals surface area contributed by atoms with Crippen LogP contribution in [0, 0.1) is 21.8 Å². The first-order chi connectivity index (χ1) is 15.3. The molecule has 2 aromatic rings. The van der Waals surface area contributed by atoms with E-state index in [9.17, 15) is 9.59 Å². The number of rotatable bonds is 9. The number of methoxy groups -OCH3 is 1. The number of ether oxygens (including phenoxy) is 2. The number of amides is 2. The van der Waals surface area contributed by atoms with E-state index in [1.54, 1.807) is 24.3 Å². The van der Waals surface area contributed by atoms with Crippen molar-refractivity contribution in [3.8, 4) is 23.8 Å². The highest BCUT2D eigenvalue weighted by Gasteiger charge is 2.24. The van der Waals surface area contributed by atoms with Crippen molar-refractivity contribution in [2.24, 2.45) is 11.0 Å². The second-order valence-electron chi connectivity index (χ2n) is 6.97. The Bertz CT molecular complexity index is 1050. The molecule has 0 aliphatic rings. The molecular weight excluding hydrogens is 545 g/mol. The van der Waals surface area contributed by atoms with Crippen molar-refractivity contribution >= 4 is 52.2 Å². The van der Waals surface area contributed by atoms with Gasteiger partial charge in [0.05, 0.1) is 16.9 Å². The maximum absolute atomic E-state index is 12.6. The van der Waals surface area contributed by atoms with Crippen LogP contribution in [0.2, 0.25) is 5.02 Å². The number of hydrogen-bond acceptors (Lipinski definition) is 5. The first kappa shape index (κ1) is 25.5. The van der Waals surface area contributed by atoms with E-state index < -0.39 is 17.9 Å². The molecule has 2 rings (SSSR count). The van der Waals surface area contributed by atoms with Gasteiger partial charge in [-0.25, -0.2) is 5.43 Å². The first-order valence-electron chi connectivity index (χ1n) is 9.60. The highest BCUT2D eigenvalue weighted by Crippen LogP contribution is 2.33. The smallest absolute Gasteiger partial charge is 0.262 e. The average Bonchev–Trinajstić information content (AvgIpc) is 2.75. The van der Waals surface area contributed by atoms with Gasteiger partial charge in [-0.3, -0.25) is 9.59 Å². The lowest BCUT2D eigenvalue weighted by molar-refractivity contribution is -0.123. The summed E-state index contributed by atoms with van der Waals surface area (Å²) in [7, 11) is 1.52. The lowest BCUT2D eigenvalue weighted by Crippen LogP contribution is -2.48. The summed E-state index contributed by atoms with van der Waals surface area (Å²) in [5.41, 5.74) is 3.53. The summed E-state index contributed by atoms with van der Waals surface area (Å²) in [5, 5.41) is 7.18. The summed E-state index contributed by atoms with van der Waals surface area (Å²) < 4.78 is 11.6. The van der Waals surface area contributed by atoms with E-state index in [1.807, 2.05) is 19.9 Å². The summed E-state index contributed by atoms with van der Waals surface area (Å²) in [4.78, 5) is 25.1. The van der Waals surface area contributed by atoms with Crippen LogP contribution < -0.4 is 20.2 Å². The van der Waals surface area contributed by atoms with Crippen LogP contribution in [-0.4, -0.2) is 37.8 Å². The third-order valence-corrected chi connectivity index (χ3v) is 5.30. The largest absolute Gasteiger partial charge is 0.493 e. The zero-order chi connectivity index (χ0) is 23.7. The Morgan fingerprint density at radius 2 is 2.06 bits per heavy atom. The van der Waals surface area contributed by atoms with Crippen LogP contribution in [0.1, 0.15) is 29.8 Å². The van der Waals surface area contributed by atoms with Crippen molar-refractivity contribution in [2.75, 3.05) is 13.7 Å². The fraction of sp³-hybridized carbons (Fsp3) is 0.261. The van der Waals surface area contributed by atoms with Gasteiger partial charge in [0, 0.05) is 10.6 Å². The van der Waals surface area contributed by atoms with Gasteiger partial charge in [-0.2, -0.15) is 5.10 Å². The molecule has 0 aliphatic carbocycles. The van der Waals surface area contributed by atoms with E-state index in [-0.39, 0.29) is 12.5 Å². The Morgan fingerprint density at radius 1 is 1.31 bits per heavy atom. The van der Waals surface area contributed by atoms with E-state index in [0.29, 0.717) is 27.6 Å². The lowest BCUT2D eigenvalue weighted by atomic mass is 10.0. The molecule has 1 atom stereocenters. The van der Waals surface area contributed by atoms with Gasteiger partial charge in [0.15, 0.2) is 11.5 Å². The highest BCUT2D eigenvalue weighted by molar-refractivity contribution is 14.1. The molecule has 1 unspecified atom stereocenters. The van der Waals surface area contributed by atoms with Gasteiger partial charge in [-0.1, -0.05) is 37.4 Å². The topological polar surface area (TPSA) is 89.0 Å². The van der Waals surface area contributed by atoms with Crippen molar-refractivity contribution in [1.82, 2.24) is 10.7 Å². The Morgan fingerprint density at radius 3 is 2.69 bits per heavy atom. The summed E-state index contributed by atoms with van der Waals surface area (Å²) >= 11 is 8.04. The SMILES string of the molecule is C#CCOc1c(I)cc(C=NNC(=O)C(NC(=O)c2cccc(Cl)c2)C(C)C)cc1OC. The third-order valence-electron chi connectivity index (χ3n) is 4.26. The van der Waals surface area contributed by atoms with Gasteiger partial charge < -0.3 is 14.8 Å². The maximum atomic E-state index is 12.6.